The van der Waals surface area contributed by atoms with Crippen LogP contribution in [0, 0.1) is 5.82 Å². The summed E-state index contributed by atoms with van der Waals surface area (Å²) >= 11 is 0. The second-order valence-corrected chi connectivity index (χ2v) is 10.3. The first-order valence-corrected chi connectivity index (χ1v) is 12.8. The van der Waals surface area contributed by atoms with Crippen LogP contribution < -0.4 is 15.4 Å². The van der Waals surface area contributed by atoms with Gasteiger partial charge in [0, 0.05) is 24.0 Å². The Bertz CT molecular complexity index is 1690. The molecule has 3 N–H and O–H groups in total. The zero-order valence-electron chi connectivity index (χ0n) is 22.9. The van der Waals surface area contributed by atoms with E-state index in [9.17, 15) is 27.5 Å². The third-order valence-electron chi connectivity index (χ3n) is 7.07. The predicted molar refractivity (Wildman–Crippen MR) is 151 cm³/mol. The van der Waals surface area contributed by atoms with E-state index in [-0.39, 0.29) is 47.5 Å². The van der Waals surface area contributed by atoms with Gasteiger partial charge in [0.25, 0.3) is 5.88 Å². The highest BCUT2D eigenvalue weighted by atomic mass is 19.4. The van der Waals surface area contributed by atoms with Crippen molar-refractivity contribution in [2.24, 2.45) is 0 Å². The van der Waals surface area contributed by atoms with E-state index in [1.807, 2.05) is 0 Å². The van der Waals surface area contributed by atoms with E-state index < -0.39 is 40.5 Å². The number of nitrogens with zero attached hydrogens (tertiary/aromatic N) is 5. The maximum Gasteiger partial charge on any atom is 0.401 e. The summed E-state index contributed by atoms with van der Waals surface area (Å²) in [6.45, 7) is 0. The number of aromatic nitrogens is 5. The molecular formula is C25H19B4F4N7O4. The van der Waals surface area contributed by atoms with E-state index in [1.54, 1.807) is 6.07 Å². The molecule has 0 spiro atoms. The lowest BCUT2D eigenvalue weighted by molar-refractivity contribution is -0.165. The molecule has 8 radical (unpaired) electrons. The Balaban J connectivity index is 1.23. The van der Waals surface area contributed by atoms with Crippen LogP contribution >= 0.6 is 0 Å². The summed E-state index contributed by atoms with van der Waals surface area (Å²) in [5.41, 5.74) is -1.02. The molecule has 1 saturated carbocycles. The molecule has 3 heterocycles. The van der Waals surface area contributed by atoms with Crippen molar-refractivity contribution in [3.05, 3.63) is 60.0 Å². The van der Waals surface area contributed by atoms with Gasteiger partial charge in [-0.05, 0) is 40.8 Å². The molecule has 1 aromatic carbocycles. The van der Waals surface area contributed by atoms with Crippen LogP contribution in [0.5, 0.6) is 5.88 Å². The third kappa shape index (κ3) is 5.92. The summed E-state index contributed by atoms with van der Waals surface area (Å²) in [5.74, 6) is -1.90. The minimum absolute atomic E-state index is 0.000952. The monoisotopic (exact) mass is 601 g/mol. The summed E-state index contributed by atoms with van der Waals surface area (Å²) in [4.78, 5) is 20.8. The van der Waals surface area contributed by atoms with Crippen molar-refractivity contribution in [1.82, 2.24) is 24.9 Å². The maximum absolute atomic E-state index is 14.9. The summed E-state index contributed by atoms with van der Waals surface area (Å²) in [7, 11) is 23.8. The van der Waals surface area contributed by atoms with Crippen LogP contribution in [0.3, 0.4) is 0 Å². The van der Waals surface area contributed by atoms with Crippen LogP contribution in [-0.2, 0) is 22.0 Å². The van der Waals surface area contributed by atoms with Crippen LogP contribution in [0.4, 0.5) is 35.0 Å². The normalized spacial score (nSPS) is 14.7. The van der Waals surface area contributed by atoms with Crippen molar-refractivity contribution in [2.45, 2.75) is 41.6 Å². The molecule has 19 heteroatoms. The summed E-state index contributed by atoms with van der Waals surface area (Å²) in [6, 6.07) is 5.14. The Labute approximate surface area is 252 Å². The van der Waals surface area contributed by atoms with Crippen molar-refractivity contribution in [2.75, 3.05) is 17.7 Å². The first-order chi connectivity index (χ1) is 20.5. The largest absolute Gasteiger partial charge is 0.478 e. The van der Waals surface area contributed by atoms with E-state index >= 15 is 0 Å². The molecule has 0 atom stereocenters. The molecule has 5 rings (SSSR count). The number of aliphatic hydroxyl groups is 1. The Hall–Kier alpha value is -4.27. The van der Waals surface area contributed by atoms with Crippen molar-refractivity contribution < 1.29 is 36.7 Å². The predicted octanol–water partition coefficient (Wildman–Crippen LogP) is 1.92. The number of carbonyl (C=O) groups excluding carboxylic acids is 1. The standard InChI is InChI=1S/C25H19B4F4N7O4/c1-43-20-16(11-40(38-20)23(26,27)24(28,29)42)36-21-34-9-14(10-35-21)12-2-3-13(15(30)6-12)7-19(41)37-18-8-17(44-39-18)22(4-5-22)25(31,32)33/h2-3,6,8-11,42H,4-5,7H2,1H3,(H,34,35,36)(H,37,39,41). The number of nitrogens with one attached hydrogen (secondary N) is 2. The Kier molecular flexibility index (Phi) is 7.81. The van der Waals surface area contributed by atoms with Gasteiger partial charge in [-0.25, -0.2) is 14.4 Å². The minimum atomic E-state index is -4.49. The average molecular weight is 601 g/mol. The smallest absolute Gasteiger partial charge is 0.401 e. The highest BCUT2D eigenvalue weighted by Gasteiger charge is 2.67. The number of anilines is 3. The Morgan fingerprint density at radius 3 is 2.39 bits per heavy atom. The first kappa shape index (κ1) is 31.2. The van der Waals surface area contributed by atoms with Crippen LogP contribution in [0.15, 0.2) is 47.4 Å². The molecule has 0 unspecified atom stereocenters. The zero-order valence-corrected chi connectivity index (χ0v) is 22.9. The molecule has 1 fully saturated rings. The van der Waals surface area contributed by atoms with Gasteiger partial charge in [0.1, 0.15) is 32.6 Å². The lowest BCUT2D eigenvalue weighted by Gasteiger charge is -2.40. The second kappa shape index (κ2) is 11.0. The quantitative estimate of drug-likeness (QED) is 0.184. The number of halogens is 4. The molecule has 1 aliphatic carbocycles. The number of carbonyl (C=O) groups is 1. The van der Waals surface area contributed by atoms with Crippen molar-refractivity contribution >= 4 is 54.7 Å². The number of hydrogen-bond donors (Lipinski definition) is 3. The van der Waals surface area contributed by atoms with Gasteiger partial charge in [0.05, 0.1) is 35.4 Å². The molecule has 11 nitrogen and oxygen atoms in total. The fourth-order valence-electron chi connectivity index (χ4n) is 4.21. The van der Waals surface area contributed by atoms with Gasteiger partial charge in [0.2, 0.25) is 11.9 Å². The topological polar surface area (TPSA) is 140 Å². The van der Waals surface area contributed by atoms with Gasteiger partial charge in [-0.15, -0.1) is 5.10 Å². The molecule has 1 amide bonds. The fraction of sp³-hybridized carbons (Fsp3) is 0.320. The molecule has 1 aliphatic rings. The summed E-state index contributed by atoms with van der Waals surface area (Å²) < 4.78 is 65.7. The third-order valence-corrected chi connectivity index (χ3v) is 7.07. The van der Waals surface area contributed by atoms with Gasteiger partial charge in [-0.1, -0.05) is 17.3 Å². The highest BCUT2D eigenvalue weighted by Crippen LogP contribution is 2.59. The number of methoxy groups -OCH3 is 1. The van der Waals surface area contributed by atoms with Gasteiger partial charge in [0.15, 0.2) is 11.6 Å². The molecule has 0 saturated heterocycles. The van der Waals surface area contributed by atoms with Crippen molar-refractivity contribution in [1.29, 1.82) is 0 Å². The molecule has 44 heavy (non-hydrogen) atoms. The van der Waals surface area contributed by atoms with E-state index in [1.165, 1.54) is 37.8 Å². The number of rotatable bonds is 10. The van der Waals surface area contributed by atoms with Crippen LogP contribution in [0.25, 0.3) is 11.1 Å². The van der Waals surface area contributed by atoms with Gasteiger partial charge in [-0.2, -0.15) is 13.2 Å². The van der Waals surface area contributed by atoms with Crippen molar-refractivity contribution in [3.63, 3.8) is 0 Å². The molecule has 4 aromatic rings. The molecule has 0 aliphatic heterocycles. The number of ether oxygens (including phenoxy) is 1. The molecule has 218 valence electrons. The fourth-order valence-corrected chi connectivity index (χ4v) is 4.21. The summed E-state index contributed by atoms with van der Waals surface area (Å²) in [5, 5.41) is 17.8. The summed E-state index contributed by atoms with van der Waals surface area (Å²) in [6.07, 6.45) is -1.09. The van der Waals surface area contributed by atoms with Gasteiger partial charge in [-0.3, -0.25) is 9.48 Å². The lowest BCUT2D eigenvalue weighted by atomic mass is 9.40. The number of amides is 1. The first-order valence-electron chi connectivity index (χ1n) is 12.8. The maximum atomic E-state index is 14.9. The van der Waals surface area contributed by atoms with Crippen LogP contribution in [0.1, 0.15) is 24.2 Å². The number of alkyl halides is 3. The van der Waals surface area contributed by atoms with E-state index in [4.69, 9.17) is 40.6 Å². The Morgan fingerprint density at radius 2 is 1.82 bits per heavy atom. The average Bonchev–Trinajstić information content (AvgIpc) is 3.48. The lowest BCUT2D eigenvalue weighted by Crippen LogP contribution is -2.58. The SMILES string of the molecule is [B]C([B])(O)C([B])([B])n1cc(Nc2ncc(-c3ccc(CC(=O)Nc4cc(C5(C(F)(F)F)CC5)on4)c(F)c3)cn2)c(OC)n1. The minimum Gasteiger partial charge on any atom is -0.478 e. The van der Waals surface area contributed by atoms with E-state index in [0.717, 1.165) is 10.7 Å². The zero-order chi connectivity index (χ0) is 32.1. The van der Waals surface area contributed by atoms with E-state index in [2.05, 4.69) is 30.9 Å². The van der Waals surface area contributed by atoms with Crippen LogP contribution in [0.2, 0.25) is 0 Å². The van der Waals surface area contributed by atoms with Crippen LogP contribution in [-0.4, -0.2) is 86.0 Å². The second-order valence-electron chi connectivity index (χ2n) is 10.3. The van der Waals surface area contributed by atoms with Gasteiger partial charge < -0.3 is 25.0 Å². The molecule has 0 bridgehead atoms. The Morgan fingerprint density at radius 1 is 1.14 bits per heavy atom. The molecular weight excluding hydrogens is 582 g/mol. The van der Waals surface area contributed by atoms with E-state index in [0.29, 0.717) is 11.1 Å². The number of hydrogen-bond acceptors (Lipinski definition) is 9. The van der Waals surface area contributed by atoms with Gasteiger partial charge >= 0.3 is 6.18 Å². The molecule has 3 aromatic heterocycles. The van der Waals surface area contributed by atoms with Crippen molar-refractivity contribution in [3.8, 4) is 17.0 Å². The number of benzene rings is 1. The highest BCUT2D eigenvalue weighted by molar-refractivity contribution is 6.52.